The van der Waals surface area contributed by atoms with Crippen LogP contribution in [0.4, 0.5) is 4.39 Å². The van der Waals surface area contributed by atoms with E-state index in [-0.39, 0.29) is 36.3 Å². The third kappa shape index (κ3) is 4.92. The number of hydrogen-bond acceptors (Lipinski definition) is 4. The van der Waals surface area contributed by atoms with Crippen LogP contribution >= 0.6 is 0 Å². The average molecular weight is 371 g/mol. The van der Waals surface area contributed by atoms with Gasteiger partial charge < -0.3 is 14.4 Å². The molecule has 1 aliphatic heterocycles. The van der Waals surface area contributed by atoms with Gasteiger partial charge in [0.05, 0.1) is 12.2 Å². The van der Waals surface area contributed by atoms with Crippen molar-refractivity contribution in [1.29, 1.82) is 0 Å². The first-order valence-corrected chi connectivity index (χ1v) is 8.88. The third-order valence-corrected chi connectivity index (χ3v) is 4.36. The molecule has 0 N–H and O–H groups in total. The molecule has 1 fully saturated rings. The van der Waals surface area contributed by atoms with Gasteiger partial charge in [0.25, 0.3) is 5.91 Å². The predicted octanol–water partition coefficient (Wildman–Crippen LogP) is 3.07. The maximum absolute atomic E-state index is 13.0. The van der Waals surface area contributed by atoms with Crippen LogP contribution in [0.1, 0.15) is 29.8 Å². The third-order valence-electron chi connectivity index (χ3n) is 4.36. The quantitative estimate of drug-likeness (QED) is 0.758. The van der Waals surface area contributed by atoms with Crippen LogP contribution in [-0.4, -0.2) is 48.5 Å². The molecule has 1 amide bonds. The van der Waals surface area contributed by atoms with Crippen molar-refractivity contribution >= 4 is 11.7 Å². The first-order chi connectivity index (χ1) is 12.9. The van der Waals surface area contributed by atoms with Gasteiger partial charge in [-0.05, 0) is 62.4 Å². The molecule has 0 bridgehead atoms. The summed E-state index contributed by atoms with van der Waals surface area (Å²) in [5.74, 6) is -0.172. The van der Waals surface area contributed by atoms with Crippen LogP contribution in [0.25, 0.3) is 0 Å². The number of ketones is 1. The summed E-state index contributed by atoms with van der Waals surface area (Å²) in [7, 11) is 0. The Kier molecular flexibility index (Phi) is 5.86. The summed E-state index contributed by atoms with van der Waals surface area (Å²) in [5, 5.41) is 0. The minimum Gasteiger partial charge on any atom is -0.484 e. The molecule has 27 heavy (non-hydrogen) atoms. The van der Waals surface area contributed by atoms with Gasteiger partial charge in [-0.2, -0.15) is 0 Å². The number of benzene rings is 2. The second kappa shape index (κ2) is 8.31. The molecule has 2 aromatic carbocycles. The number of morpholine rings is 1. The molecular weight excluding hydrogens is 349 g/mol. The monoisotopic (exact) mass is 371 g/mol. The molecule has 2 aromatic rings. The summed E-state index contributed by atoms with van der Waals surface area (Å²) in [6.07, 6.45) is 0.0175. The molecule has 1 heterocycles. The summed E-state index contributed by atoms with van der Waals surface area (Å²) in [4.78, 5) is 26.4. The molecular formula is C21H22FNO4. The lowest BCUT2D eigenvalue weighted by Gasteiger charge is -2.35. The molecule has 6 heteroatoms. The van der Waals surface area contributed by atoms with Crippen molar-refractivity contribution in [1.82, 2.24) is 4.90 Å². The lowest BCUT2D eigenvalue weighted by molar-refractivity contribution is -0.145. The maximum Gasteiger partial charge on any atom is 0.260 e. The first-order valence-electron chi connectivity index (χ1n) is 8.88. The van der Waals surface area contributed by atoms with E-state index in [1.165, 1.54) is 24.3 Å². The Labute approximate surface area is 157 Å². The minimum atomic E-state index is -0.385. The van der Waals surface area contributed by atoms with Crippen LogP contribution in [0.15, 0.2) is 48.5 Å². The number of carbonyl (C=O) groups is 2. The van der Waals surface area contributed by atoms with E-state index in [0.29, 0.717) is 30.0 Å². The van der Waals surface area contributed by atoms with Crippen molar-refractivity contribution in [2.75, 3.05) is 19.7 Å². The van der Waals surface area contributed by atoms with E-state index in [0.717, 1.165) is 0 Å². The van der Waals surface area contributed by atoms with Crippen LogP contribution in [0.3, 0.4) is 0 Å². The van der Waals surface area contributed by atoms with Crippen LogP contribution in [0, 0.1) is 5.82 Å². The topological polar surface area (TPSA) is 55.8 Å². The molecule has 3 rings (SSSR count). The Balaban J connectivity index is 1.57. The molecule has 0 unspecified atom stereocenters. The zero-order chi connectivity index (χ0) is 19.4. The van der Waals surface area contributed by atoms with Gasteiger partial charge >= 0.3 is 0 Å². The standard InChI is InChI=1S/C21H22FNO4/c1-14-11-23(12-15(2)27-14)20(24)13-26-19-9-5-17(6-10-19)21(25)16-3-7-18(22)8-4-16/h3-10,14-15H,11-13H2,1-2H3/t14-,15-/m0/s1. The fourth-order valence-electron chi connectivity index (χ4n) is 3.09. The van der Waals surface area contributed by atoms with Gasteiger partial charge in [-0.25, -0.2) is 4.39 Å². The van der Waals surface area contributed by atoms with E-state index >= 15 is 0 Å². The molecule has 0 aliphatic carbocycles. The molecule has 0 radical (unpaired) electrons. The SMILES string of the molecule is C[C@H]1CN(C(=O)COc2ccc(C(=O)c3ccc(F)cc3)cc2)C[C@H](C)O1. The predicted molar refractivity (Wildman–Crippen MR) is 98.4 cm³/mol. The Bertz CT molecular complexity index is 794. The normalized spacial score (nSPS) is 19.6. The summed E-state index contributed by atoms with van der Waals surface area (Å²) in [6.45, 7) is 4.92. The van der Waals surface area contributed by atoms with Crippen molar-refractivity contribution in [2.45, 2.75) is 26.1 Å². The first kappa shape index (κ1) is 19.0. The molecule has 0 aromatic heterocycles. The average Bonchev–Trinajstić information content (AvgIpc) is 2.66. The van der Waals surface area contributed by atoms with Gasteiger partial charge in [-0.15, -0.1) is 0 Å². The Morgan fingerprint density at radius 3 is 2.07 bits per heavy atom. The summed E-state index contributed by atoms with van der Waals surface area (Å²) >= 11 is 0. The maximum atomic E-state index is 13.0. The molecule has 0 spiro atoms. The highest BCUT2D eigenvalue weighted by atomic mass is 19.1. The van der Waals surface area contributed by atoms with E-state index < -0.39 is 0 Å². The number of hydrogen-bond donors (Lipinski definition) is 0. The van der Waals surface area contributed by atoms with Gasteiger partial charge in [0.15, 0.2) is 12.4 Å². The molecule has 1 saturated heterocycles. The number of amides is 1. The zero-order valence-electron chi connectivity index (χ0n) is 15.4. The summed E-state index contributed by atoms with van der Waals surface area (Å²) < 4.78 is 24.1. The van der Waals surface area contributed by atoms with Crippen molar-refractivity contribution in [3.63, 3.8) is 0 Å². The number of halogens is 1. The molecule has 1 aliphatic rings. The fourth-order valence-corrected chi connectivity index (χ4v) is 3.09. The highest BCUT2D eigenvalue weighted by molar-refractivity contribution is 6.09. The van der Waals surface area contributed by atoms with Gasteiger partial charge in [0, 0.05) is 24.2 Å². The summed E-state index contributed by atoms with van der Waals surface area (Å²) in [6, 6.07) is 12.0. The Hall–Kier alpha value is -2.73. The van der Waals surface area contributed by atoms with E-state index in [4.69, 9.17) is 9.47 Å². The minimum absolute atomic E-state index is 0.00876. The fraction of sp³-hybridized carbons (Fsp3) is 0.333. The summed E-state index contributed by atoms with van der Waals surface area (Å²) in [5.41, 5.74) is 0.881. The van der Waals surface area contributed by atoms with Crippen molar-refractivity contribution in [3.8, 4) is 5.75 Å². The smallest absolute Gasteiger partial charge is 0.260 e. The molecule has 142 valence electrons. The highest BCUT2D eigenvalue weighted by Crippen LogP contribution is 2.17. The lowest BCUT2D eigenvalue weighted by Crippen LogP contribution is -2.49. The van der Waals surface area contributed by atoms with Gasteiger partial charge in [0.1, 0.15) is 11.6 Å². The molecule has 2 atom stereocenters. The van der Waals surface area contributed by atoms with Crippen LogP contribution in [-0.2, 0) is 9.53 Å². The second-order valence-electron chi connectivity index (χ2n) is 6.71. The van der Waals surface area contributed by atoms with Gasteiger partial charge in [0.2, 0.25) is 0 Å². The largest absolute Gasteiger partial charge is 0.484 e. The second-order valence-corrected chi connectivity index (χ2v) is 6.71. The lowest BCUT2D eigenvalue weighted by atomic mass is 10.0. The van der Waals surface area contributed by atoms with Crippen LogP contribution < -0.4 is 4.74 Å². The van der Waals surface area contributed by atoms with Gasteiger partial charge in [-0.3, -0.25) is 9.59 Å². The molecule has 5 nitrogen and oxygen atoms in total. The van der Waals surface area contributed by atoms with E-state index in [1.807, 2.05) is 13.8 Å². The number of ether oxygens (including phenoxy) is 2. The van der Waals surface area contributed by atoms with E-state index in [2.05, 4.69) is 0 Å². The Morgan fingerprint density at radius 1 is 1.00 bits per heavy atom. The van der Waals surface area contributed by atoms with Crippen LogP contribution in [0.2, 0.25) is 0 Å². The number of rotatable bonds is 5. The van der Waals surface area contributed by atoms with Crippen molar-refractivity contribution in [2.24, 2.45) is 0 Å². The van der Waals surface area contributed by atoms with Crippen molar-refractivity contribution < 1.29 is 23.5 Å². The zero-order valence-corrected chi connectivity index (χ0v) is 15.4. The Morgan fingerprint density at radius 2 is 1.52 bits per heavy atom. The van der Waals surface area contributed by atoms with E-state index in [1.54, 1.807) is 29.2 Å². The van der Waals surface area contributed by atoms with Crippen LogP contribution in [0.5, 0.6) is 5.75 Å². The number of carbonyl (C=O) groups excluding carboxylic acids is 2. The molecule has 0 saturated carbocycles. The number of nitrogens with zero attached hydrogens (tertiary/aromatic N) is 1. The van der Waals surface area contributed by atoms with E-state index in [9.17, 15) is 14.0 Å². The van der Waals surface area contributed by atoms with Crippen molar-refractivity contribution in [3.05, 3.63) is 65.5 Å². The van der Waals surface area contributed by atoms with Gasteiger partial charge in [-0.1, -0.05) is 0 Å². The highest BCUT2D eigenvalue weighted by Gasteiger charge is 2.26.